The Morgan fingerprint density at radius 1 is 1.35 bits per heavy atom. The van der Waals surface area contributed by atoms with Crippen molar-refractivity contribution < 1.29 is 29.6 Å². The summed E-state index contributed by atoms with van der Waals surface area (Å²) in [5.41, 5.74) is 0.256. The second-order valence-corrected chi connectivity index (χ2v) is 4.32. The molecule has 0 radical (unpaired) electrons. The highest BCUT2D eigenvalue weighted by Gasteiger charge is 2.47. The standard InChI is InChI=1S/C11H16O6/c12-5-8-9(6-13)17-11(16-8)3-1-2-7(4-11)10(14)15/h4,8-9,12-13H,1-3,5-6H2,(H,14,15). The molecule has 1 aliphatic heterocycles. The first-order valence-corrected chi connectivity index (χ1v) is 5.62. The summed E-state index contributed by atoms with van der Waals surface area (Å²) < 4.78 is 11.1. The highest BCUT2D eigenvalue weighted by molar-refractivity contribution is 5.86. The van der Waals surface area contributed by atoms with E-state index in [1.165, 1.54) is 6.08 Å². The van der Waals surface area contributed by atoms with Crippen molar-refractivity contribution in [2.24, 2.45) is 0 Å². The van der Waals surface area contributed by atoms with Crippen LogP contribution in [0.25, 0.3) is 0 Å². The van der Waals surface area contributed by atoms with Crippen LogP contribution < -0.4 is 0 Å². The minimum Gasteiger partial charge on any atom is -0.478 e. The second kappa shape index (κ2) is 4.73. The normalized spacial score (nSPS) is 37.2. The van der Waals surface area contributed by atoms with Gasteiger partial charge in [-0.3, -0.25) is 0 Å². The Morgan fingerprint density at radius 3 is 2.41 bits per heavy atom. The van der Waals surface area contributed by atoms with E-state index >= 15 is 0 Å². The van der Waals surface area contributed by atoms with Gasteiger partial charge in [0.05, 0.1) is 13.2 Å². The third kappa shape index (κ3) is 2.35. The van der Waals surface area contributed by atoms with Gasteiger partial charge in [-0.25, -0.2) is 4.79 Å². The third-order valence-electron chi connectivity index (χ3n) is 3.12. The zero-order valence-corrected chi connectivity index (χ0v) is 9.33. The first-order chi connectivity index (χ1) is 8.10. The van der Waals surface area contributed by atoms with E-state index in [1.807, 2.05) is 0 Å². The molecule has 2 atom stereocenters. The number of rotatable bonds is 3. The van der Waals surface area contributed by atoms with E-state index in [4.69, 9.17) is 24.8 Å². The maximum absolute atomic E-state index is 10.9. The maximum atomic E-state index is 10.9. The van der Waals surface area contributed by atoms with E-state index in [0.29, 0.717) is 19.3 Å². The summed E-state index contributed by atoms with van der Waals surface area (Å²) in [6.45, 7) is -0.521. The number of aliphatic hydroxyl groups excluding tert-OH is 2. The van der Waals surface area contributed by atoms with E-state index in [9.17, 15) is 4.79 Å². The van der Waals surface area contributed by atoms with Crippen molar-refractivity contribution in [2.45, 2.75) is 37.3 Å². The number of carboxylic acids is 1. The number of carboxylic acid groups (broad SMARTS) is 1. The molecular formula is C11H16O6. The molecule has 6 nitrogen and oxygen atoms in total. The Hall–Kier alpha value is -0.950. The topological polar surface area (TPSA) is 96.2 Å². The predicted octanol–water partition coefficient (Wildman–Crippen LogP) is -0.354. The maximum Gasteiger partial charge on any atom is 0.331 e. The first-order valence-electron chi connectivity index (χ1n) is 5.62. The quantitative estimate of drug-likeness (QED) is 0.627. The van der Waals surface area contributed by atoms with E-state index in [1.54, 1.807) is 0 Å². The molecule has 1 saturated heterocycles. The van der Waals surface area contributed by atoms with Crippen LogP contribution in [0.15, 0.2) is 11.6 Å². The van der Waals surface area contributed by atoms with Crippen LogP contribution in [0.2, 0.25) is 0 Å². The molecule has 6 heteroatoms. The molecule has 1 spiro atoms. The van der Waals surface area contributed by atoms with Gasteiger partial charge in [-0.15, -0.1) is 0 Å². The molecule has 0 amide bonds. The van der Waals surface area contributed by atoms with Crippen LogP contribution in [0.4, 0.5) is 0 Å². The average Bonchev–Trinajstić information content (AvgIpc) is 2.67. The van der Waals surface area contributed by atoms with Crippen molar-refractivity contribution in [1.29, 1.82) is 0 Å². The third-order valence-corrected chi connectivity index (χ3v) is 3.12. The number of hydrogen-bond acceptors (Lipinski definition) is 5. The highest BCUT2D eigenvalue weighted by atomic mass is 16.8. The van der Waals surface area contributed by atoms with Crippen LogP contribution in [0.3, 0.4) is 0 Å². The molecule has 0 saturated carbocycles. The molecule has 0 bridgehead atoms. The molecule has 2 unspecified atom stereocenters. The summed E-state index contributed by atoms with van der Waals surface area (Å²) in [6, 6.07) is 0. The predicted molar refractivity (Wildman–Crippen MR) is 56.2 cm³/mol. The molecule has 0 aromatic rings. The number of aliphatic carboxylic acids is 1. The zero-order chi connectivity index (χ0) is 12.5. The van der Waals surface area contributed by atoms with Crippen molar-refractivity contribution >= 4 is 5.97 Å². The summed E-state index contributed by atoms with van der Waals surface area (Å²) >= 11 is 0. The summed E-state index contributed by atoms with van der Waals surface area (Å²) in [7, 11) is 0. The van der Waals surface area contributed by atoms with Crippen molar-refractivity contribution in [2.75, 3.05) is 13.2 Å². The molecular weight excluding hydrogens is 228 g/mol. The lowest BCUT2D eigenvalue weighted by Gasteiger charge is -2.29. The number of hydrogen-bond donors (Lipinski definition) is 3. The SMILES string of the molecule is O=C(O)C1=CC2(CCC1)OC(CO)C(CO)O2. The van der Waals surface area contributed by atoms with Crippen LogP contribution >= 0.6 is 0 Å². The van der Waals surface area contributed by atoms with Crippen LogP contribution in [0.1, 0.15) is 19.3 Å². The van der Waals surface area contributed by atoms with Gasteiger partial charge in [-0.2, -0.15) is 0 Å². The number of aliphatic hydroxyl groups is 2. The van der Waals surface area contributed by atoms with Gasteiger partial charge in [-0.05, 0) is 18.9 Å². The van der Waals surface area contributed by atoms with E-state index in [-0.39, 0.29) is 18.8 Å². The van der Waals surface area contributed by atoms with Gasteiger partial charge in [0, 0.05) is 12.0 Å². The molecule has 0 aromatic heterocycles. The molecule has 1 aliphatic carbocycles. The molecule has 3 N–H and O–H groups in total. The number of carbonyl (C=O) groups is 1. The molecule has 2 aliphatic rings. The summed E-state index contributed by atoms with van der Waals surface area (Å²) in [4.78, 5) is 10.9. The Bertz CT molecular complexity index is 325. The first kappa shape index (κ1) is 12.5. The molecule has 2 rings (SSSR count). The minimum atomic E-state index is -1.09. The van der Waals surface area contributed by atoms with Gasteiger partial charge in [0.15, 0.2) is 5.79 Å². The molecule has 1 heterocycles. The van der Waals surface area contributed by atoms with Crippen molar-refractivity contribution in [1.82, 2.24) is 0 Å². The smallest absolute Gasteiger partial charge is 0.331 e. The Kier molecular flexibility index (Phi) is 3.48. The average molecular weight is 244 g/mol. The fraction of sp³-hybridized carbons (Fsp3) is 0.727. The van der Waals surface area contributed by atoms with Crippen LogP contribution in [0, 0.1) is 0 Å². The lowest BCUT2D eigenvalue weighted by Crippen LogP contribution is -2.33. The van der Waals surface area contributed by atoms with E-state index < -0.39 is 24.0 Å². The van der Waals surface area contributed by atoms with Crippen LogP contribution in [-0.2, 0) is 14.3 Å². The lowest BCUT2D eigenvalue weighted by molar-refractivity contribution is -0.153. The van der Waals surface area contributed by atoms with Crippen molar-refractivity contribution in [3.8, 4) is 0 Å². The highest BCUT2D eigenvalue weighted by Crippen LogP contribution is 2.38. The number of ether oxygens (including phenoxy) is 2. The summed E-state index contributed by atoms with van der Waals surface area (Å²) in [6.07, 6.45) is 1.91. The monoisotopic (exact) mass is 244 g/mol. The molecule has 0 aromatic carbocycles. The summed E-state index contributed by atoms with van der Waals surface area (Å²) in [5.74, 6) is -2.07. The van der Waals surface area contributed by atoms with Crippen molar-refractivity contribution in [3.05, 3.63) is 11.6 Å². The fourth-order valence-corrected chi connectivity index (χ4v) is 2.29. The lowest BCUT2D eigenvalue weighted by atomic mass is 9.95. The summed E-state index contributed by atoms with van der Waals surface area (Å²) in [5, 5.41) is 27.2. The van der Waals surface area contributed by atoms with Gasteiger partial charge in [0.2, 0.25) is 0 Å². The second-order valence-electron chi connectivity index (χ2n) is 4.32. The Morgan fingerprint density at radius 2 is 1.94 bits per heavy atom. The van der Waals surface area contributed by atoms with Gasteiger partial charge >= 0.3 is 5.97 Å². The minimum absolute atomic E-state index is 0.256. The van der Waals surface area contributed by atoms with Gasteiger partial charge in [0.1, 0.15) is 12.2 Å². The zero-order valence-electron chi connectivity index (χ0n) is 9.33. The van der Waals surface area contributed by atoms with E-state index in [0.717, 1.165) is 0 Å². The molecule has 96 valence electrons. The van der Waals surface area contributed by atoms with Gasteiger partial charge < -0.3 is 24.8 Å². The van der Waals surface area contributed by atoms with Gasteiger partial charge in [0.25, 0.3) is 0 Å². The van der Waals surface area contributed by atoms with Crippen LogP contribution in [-0.4, -0.2) is 52.5 Å². The van der Waals surface area contributed by atoms with Crippen LogP contribution in [0.5, 0.6) is 0 Å². The van der Waals surface area contributed by atoms with Gasteiger partial charge in [-0.1, -0.05) is 0 Å². The van der Waals surface area contributed by atoms with E-state index in [2.05, 4.69) is 0 Å². The molecule has 1 fully saturated rings. The fourth-order valence-electron chi connectivity index (χ4n) is 2.29. The Labute approximate surface area is 98.5 Å². The van der Waals surface area contributed by atoms with Crippen molar-refractivity contribution in [3.63, 3.8) is 0 Å². The largest absolute Gasteiger partial charge is 0.478 e. The molecule has 17 heavy (non-hydrogen) atoms. The Balaban J connectivity index is 2.20.